The lowest BCUT2D eigenvalue weighted by Crippen LogP contribution is -2.43. The molecule has 116 valence electrons. The lowest BCUT2D eigenvalue weighted by molar-refractivity contribution is -0.385. The van der Waals surface area contributed by atoms with Crippen LogP contribution in [0, 0.1) is 10.1 Å². The van der Waals surface area contributed by atoms with Gasteiger partial charge in [0, 0.05) is 17.8 Å². The summed E-state index contributed by atoms with van der Waals surface area (Å²) in [5.41, 5.74) is 4.47. The van der Waals surface area contributed by atoms with Gasteiger partial charge in [-0.25, -0.2) is 0 Å². The molecule has 6 nitrogen and oxygen atoms in total. The van der Waals surface area contributed by atoms with E-state index in [1.54, 1.807) is 0 Å². The Morgan fingerprint density at radius 2 is 2.00 bits per heavy atom. The average Bonchev–Trinajstić information content (AvgIpc) is 2.33. The minimum absolute atomic E-state index is 0.0552. The minimum Gasteiger partial charge on any atom is -0.399 e. The molecule has 0 unspecified atom stereocenters. The Bertz CT molecular complexity index is 558. The summed E-state index contributed by atoms with van der Waals surface area (Å²) < 4.78 is 37.6. The van der Waals surface area contributed by atoms with Gasteiger partial charge in [0.2, 0.25) is 0 Å². The van der Waals surface area contributed by atoms with Crippen LogP contribution in [-0.2, 0) is 0 Å². The van der Waals surface area contributed by atoms with Gasteiger partial charge in [-0.1, -0.05) is 0 Å². The number of rotatable bonds is 4. The number of carbonyl (C=O) groups excluding carboxylic acids is 1. The Balaban J connectivity index is 3.27. The zero-order valence-corrected chi connectivity index (χ0v) is 11.3. The van der Waals surface area contributed by atoms with Crippen molar-refractivity contribution in [1.29, 1.82) is 0 Å². The van der Waals surface area contributed by atoms with Gasteiger partial charge in [-0.05, 0) is 26.0 Å². The number of amides is 1. The Hall–Kier alpha value is -2.32. The standard InChI is InChI=1S/C12H14F3N3O3/c1-7(2)17(6-12(13,14)15)11(19)9-5-8(16)3-4-10(9)18(20)21/h3-5,7H,6,16H2,1-2H3. The first kappa shape index (κ1) is 16.7. The topological polar surface area (TPSA) is 89.5 Å². The Labute approximate surface area is 118 Å². The number of hydrogen-bond acceptors (Lipinski definition) is 4. The molecule has 0 aliphatic rings. The number of anilines is 1. The van der Waals surface area contributed by atoms with E-state index < -0.39 is 40.8 Å². The van der Waals surface area contributed by atoms with Gasteiger partial charge < -0.3 is 10.6 Å². The second-order valence-corrected chi connectivity index (χ2v) is 4.68. The Morgan fingerprint density at radius 1 is 1.43 bits per heavy atom. The third-order valence-corrected chi connectivity index (χ3v) is 2.68. The maximum absolute atomic E-state index is 12.5. The molecule has 1 aromatic carbocycles. The molecule has 0 aliphatic carbocycles. The maximum atomic E-state index is 12.5. The fourth-order valence-electron chi connectivity index (χ4n) is 1.72. The third-order valence-electron chi connectivity index (χ3n) is 2.68. The molecule has 9 heteroatoms. The number of nitrogens with two attached hydrogens (primary N) is 1. The van der Waals surface area contributed by atoms with E-state index in [2.05, 4.69) is 0 Å². The van der Waals surface area contributed by atoms with Crippen molar-refractivity contribution in [2.24, 2.45) is 0 Å². The van der Waals surface area contributed by atoms with Crippen LogP contribution in [-0.4, -0.2) is 34.5 Å². The van der Waals surface area contributed by atoms with Crippen LogP contribution in [0.2, 0.25) is 0 Å². The number of nitrogen functional groups attached to an aromatic ring is 1. The molecule has 1 amide bonds. The lowest BCUT2D eigenvalue weighted by atomic mass is 10.1. The van der Waals surface area contributed by atoms with Crippen LogP contribution in [0.15, 0.2) is 18.2 Å². The fraction of sp³-hybridized carbons (Fsp3) is 0.417. The van der Waals surface area contributed by atoms with E-state index in [1.807, 2.05) is 0 Å². The molecule has 21 heavy (non-hydrogen) atoms. The predicted molar refractivity (Wildman–Crippen MR) is 69.7 cm³/mol. The normalized spacial score (nSPS) is 11.5. The van der Waals surface area contributed by atoms with Crippen molar-refractivity contribution < 1.29 is 22.9 Å². The van der Waals surface area contributed by atoms with Crippen LogP contribution in [0.5, 0.6) is 0 Å². The van der Waals surface area contributed by atoms with Crippen LogP contribution in [0.4, 0.5) is 24.5 Å². The largest absolute Gasteiger partial charge is 0.406 e. The molecule has 0 aromatic heterocycles. The predicted octanol–water partition coefficient (Wildman–Crippen LogP) is 2.59. The van der Waals surface area contributed by atoms with Gasteiger partial charge in [0.15, 0.2) is 0 Å². The monoisotopic (exact) mass is 305 g/mol. The van der Waals surface area contributed by atoms with Crippen molar-refractivity contribution in [3.05, 3.63) is 33.9 Å². The van der Waals surface area contributed by atoms with E-state index in [4.69, 9.17) is 5.73 Å². The van der Waals surface area contributed by atoms with Crippen molar-refractivity contribution in [2.75, 3.05) is 12.3 Å². The molecule has 0 bridgehead atoms. The van der Waals surface area contributed by atoms with Crippen molar-refractivity contribution in [3.8, 4) is 0 Å². The van der Waals surface area contributed by atoms with E-state index in [0.717, 1.165) is 12.1 Å². The van der Waals surface area contributed by atoms with Gasteiger partial charge in [-0.2, -0.15) is 13.2 Å². The SMILES string of the molecule is CC(C)N(CC(F)(F)F)C(=O)c1cc(N)ccc1[N+](=O)[O-]. The smallest absolute Gasteiger partial charge is 0.399 e. The zero-order valence-electron chi connectivity index (χ0n) is 11.3. The molecule has 0 radical (unpaired) electrons. The van der Waals surface area contributed by atoms with Crippen LogP contribution in [0.1, 0.15) is 24.2 Å². The number of nitro benzene ring substituents is 1. The fourth-order valence-corrected chi connectivity index (χ4v) is 1.72. The van der Waals surface area contributed by atoms with Crippen molar-refractivity contribution in [1.82, 2.24) is 4.90 Å². The van der Waals surface area contributed by atoms with Gasteiger partial charge in [0.05, 0.1) is 4.92 Å². The Morgan fingerprint density at radius 3 is 2.43 bits per heavy atom. The highest BCUT2D eigenvalue weighted by atomic mass is 19.4. The second kappa shape index (κ2) is 5.98. The molecule has 0 atom stereocenters. The number of hydrogen-bond donors (Lipinski definition) is 1. The number of carbonyl (C=O) groups is 1. The first-order valence-electron chi connectivity index (χ1n) is 5.94. The Kier molecular flexibility index (Phi) is 4.77. The summed E-state index contributed by atoms with van der Waals surface area (Å²) >= 11 is 0. The van der Waals surface area contributed by atoms with Gasteiger partial charge in [-0.15, -0.1) is 0 Å². The van der Waals surface area contributed by atoms with Crippen LogP contribution < -0.4 is 5.73 Å². The summed E-state index contributed by atoms with van der Waals surface area (Å²) in [5.74, 6) is -1.08. The summed E-state index contributed by atoms with van der Waals surface area (Å²) in [6, 6.07) is 2.43. The first-order valence-corrected chi connectivity index (χ1v) is 5.94. The quantitative estimate of drug-likeness (QED) is 0.526. The average molecular weight is 305 g/mol. The molecule has 0 saturated carbocycles. The van der Waals surface area contributed by atoms with E-state index >= 15 is 0 Å². The summed E-state index contributed by atoms with van der Waals surface area (Å²) in [5, 5.41) is 10.9. The van der Waals surface area contributed by atoms with Gasteiger partial charge in [0.1, 0.15) is 12.1 Å². The lowest BCUT2D eigenvalue weighted by Gasteiger charge is -2.27. The molecular weight excluding hydrogens is 291 g/mol. The zero-order chi connectivity index (χ0) is 16.4. The summed E-state index contributed by atoms with van der Waals surface area (Å²) in [4.78, 5) is 22.8. The molecule has 0 aliphatic heterocycles. The molecule has 1 rings (SSSR count). The number of alkyl halides is 3. The molecule has 0 saturated heterocycles. The van der Waals surface area contributed by atoms with E-state index in [-0.39, 0.29) is 5.69 Å². The second-order valence-electron chi connectivity index (χ2n) is 4.68. The number of nitrogens with zero attached hydrogens (tertiary/aromatic N) is 2. The van der Waals surface area contributed by atoms with E-state index in [0.29, 0.717) is 4.90 Å². The first-order chi connectivity index (χ1) is 9.53. The molecule has 0 heterocycles. The van der Waals surface area contributed by atoms with Crippen molar-refractivity contribution >= 4 is 17.3 Å². The van der Waals surface area contributed by atoms with E-state index in [9.17, 15) is 28.1 Å². The molecule has 2 N–H and O–H groups in total. The van der Waals surface area contributed by atoms with Gasteiger partial charge in [-0.3, -0.25) is 14.9 Å². The highest BCUT2D eigenvalue weighted by molar-refractivity contribution is 5.99. The van der Waals surface area contributed by atoms with Crippen molar-refractivity contribution in [3.63, 3.8) is 0 Å². The highest BCUT2D eigenvalue weighted by Gasteiger charge is 2.36. The van der Waals surface area contributed by atoms with E-state index in [1.165, 1.54) is 19.9 Å². The molecule has 0 spiro atoms. The van der Waals surface area contributed by atoms with Gasteiger partial charge >= 0.3 is 6.18 Å². The van der Waals surface area contributed by atoms with Crippen LogP contribution in [0.25, 0.3) is 0 Å². The van der Waals surface area contributed by atoms with Gasteiger partial charge in [0.25, 0.3) is 11.6 Å². The summed E-state index contributed by atoms with van der Waals surface area (Å²) in [6.07, 6.45) is -4.60. The van der Waals surface area contributed by atoms with Crippen LogP contribution >= 0.6 is 0 Å². The molecular formula is C12H14F3N3O3. The molecule has 0 fully saturated rings. The highest BCUT2D eigenvalue weighted by Crippen LogP contribution is 2.26. The minimum atomic E-state index is -4.60. The molecule has 1 aromatic rings. The van der Waals surface area contributed by atoms with Crippen molar-refractivity contribution in [2.45, 2.75) is 26.1 Å². The number of nitro groups is 1. The maximum Gasteiger partial charge on any atom is 0.406 e. The summed E-state index contributed by atoms with van der Waals surface area (Å²) in [6.45, 7) is 1.29. The third kappa shape index (κ3) is 4.33. The van der Waals surface area contributed by atoms with Crippen LogP contribution in [0.3, 0.4) is 0 Å². The number of benzene rings is 1. The number of halogens is 3. The summed E-state index contributed by atoms with van der Waals surface area (Å²) in [7, 11) is 0.